The van der Waals surface area contributed by atoms with Gasteiger partial charge in [0.1, 0.15) is 35.6 Å². The molecule has 0 amide bonds. The molecule has 0 aromatic heterocycles. The van der Waals surface area contributed by atoms with Gasteiger partial charge < -0.3 is 14.2 Å². The second-order valence-electron chi connectivity index (χ2n) is 8.89. The maximum absolute atomic E-state index is 14.2. The highest BCUT2D eigenvalue weighted by atomic mass is 32.2. The summed E-state index contributed by atoms with van der Waals surface area (Å²) in [5.41, 5.74) is -5.30. The van der Waals surface area contributed by atoms with E-state index in [2.05, 4.69) is 4.94 Å². The summed E-state index contributed by atoms with van der Waals surface area (Å²) in [6.07, 6.45) is 2.35. The Morgan fingerprint density at radius 3 is 1.58 bits per heavy atom. The van der Waals surface area contributed by atoms with Crippen LogP contribution in [0.25, 0.3) is 11.1 Å². The van der Waals surface area contributed by atoms with E-state index in [9.17, 15) is 39.3 Å². The van der Waals surface area contributed by atoms with Crippen molar-refractivity contribution in [3.8, 4) is 34.1 Å². The van der Waals surface area contributed by atoms with Gasteiger partial charge in [-0.1, -0.05) is 20.8 Å². The highest BCUT2D eigenvalue weighted by Gasteiger charge is 2.46. The lowest BCUT2D eigenvalue weighted by molar-refractivity contribution is -0.0436. The van der Waals surface area contributed by atoms with E-state index < -0.39 is 44.1 Å². The third-order valence-electron chi connectivity index (χ3n) is 5.53. The zero-order chi connectivity index (χ0) is 32.2. The van der Waals surface area contributed by atoms with Crippen molar-refractivity contribution in [1.82, 2.24) is 0 Å². The second-order valence-corrected chi connectivity index (χ2v) is 10.8. The van der Waals surface area contributed by atoms with Crippen molar-refractivity contribution >= 4 is 9.84 Å². The number of rotatable bonds is 13. The van der Waals surface area contributed by atoms with Crippen molar-refractivity contribution in [3.63, 3.8) is 0 Å². The molecule has 43 heavy (non-hydrogen) atoms. The fraction of sp³-hybridized carbons (Fsp3) is 0.379. The molecule has 0 fully saturated rings. The Kier molecular flexibility index (Phi) is 13.4. The van der Waals surface area contributed by atoms with Crippen molar-refractivity contribution in [2.45, 2.75) is 57.1 Å². The van der Waals surface area contributed by atoms with Crippen LogP contribution in [0.1, 0.15) is 45.6 Å². The minimum absolute atomic E-state index is 0.228. The van der Waals surface area contributed by atoms with Gasteiger partial charge in [-0.15, -0.1) is 0 Å². The molecule has 0 radical (unpaired) electrons. The first-order chi connectivity index (χ1) is 20.3. The Bertz CT molecular complexity index is 1380. The van der Waals surface area contributed by atoms with Crippen LogP contribution >= 0.6 is 0 Å². The zero-order valence-corrected chi connectivity index (χ0v) is 24.4. The van der Waals surface area contributed by atoms with Crippen LogP contribution in [-0.2, 0) is 16.5 Å². The Hall–Kier alpha value is -3.68. The van der Waals surface area contributed by atoms with Gasteiger partial charge in [0.25, 0.3) is 9.84 Å². The smallest absolute Gasteiger partial charge is 0.493 e. The quantitative estimate of drug-likeness (QED) is 0.174. The fourth-order valence-corrected chi connectivity index (χ4v) is 4.25. The number of halogens is 7. The first-order valence-corrected chi connectivity index (χ1v) is 14.6. The highest BCUT2D eigenvalue weighted by molar-refractivity contribution is 7.92. The van der Waals surface area contributed by atoms with Gasteiger partial charge in [-0.3, -0.25) is 4.94 Å². The van der Waals surface area contributed by atoms with Crippen LogP contribution in [0.5, 0.6) is 23.0 Å². The summed E-state index contributed by atoms with van der Waals surface area (Å²) in [5.74, 6) is -0.875. The third-order valence-corrected chi connectivity index (χ3v) is 7.03. The molecule has 0 bridgehead atoms. The number of ether oxygens (including phenoxy) is 3. The fourth-order valence-electron chi connectivity index (χ4n) is 3.48. The standard InChI is InChI=1S/C22H27F3O3.C7H4F4O3S/c1-4-7-26-16-12-20(27-8-5-2)22(21(13-16)28-9-6-3)15-10-18(24)17(14-23)19(25)11-15;8-7(9,10)15(12,13)6-3-1-5(14-11)2-4-6/h10-13H,4-9,14H2,1-3H3;1-4H. The molecule has 0 spiro atoms. The van der Waals surface area contributed by atoms with Crippen LogP contribution in [0.2, 0.25) is 0 Å². The van der Waals surface area contributed by atoms with Crippen LogP contribution in [0.4, 0.5) is 30.9 Å². The Labute approximate surface area is 245 Å². The van der Waals surface area contributed by atoms with Gasteiger partial charge in [0.15, 0.2) is 5.75 Å². The Balaban J connectivity index is 0.000000362. The normalized spacial score (nSPS) is 11.4. The summed E-state index contributed by atoms with van der Waals surface area (Å²) in [6.45, 7) is 6.07. The number of hydrogen-bond acceptors (Lipinski definition) is 6. The van der Waals surface area contributed by atoms with Crippen LogP contribution in [0.3, 0.4) is 0 Å². The maximum Gasteiger partial charge on any atom is 0.501 e. The van der Waals surface area contributed by atoms with Gasteiger partial charge in [-0.05, 0) is 61.2 Å². The number of hydrogen-bond donors (Lipinski definition) is 0. The predicted molar refractivity (Wildman–Crippen MR) is 145 cm³/mol. The van der Waals surface area contributed by atoms with Crippen molar-refractivity contribution in [2.75, 3.05) is 19.8 Å². The van der Waals surface area contributed by atoms with Crippen molar-refractivity contribution in [2.24, 2.45) is 0 Å². The average molecular weight is 641 g/mol. The highest BCUT2D eigenvalue weighted by Crippen LogP contribution is 2.43. The summed E-state index contributed by atoms with van der Waals surface area (Å²) in [7, 11) is -5.38. The van der Waals surface area contributed by atoms with Crippen LogP contribution in [0, 0.1) is 11.6 Å². The van der Waals surface area contributed by atoms with E-state index in [4.69, 9.17) is 14.2 Å². The molecule has 238 valence electrons. The van der Waals surface area contributed by atoms with Gasteiger partial charge in [-0.25, -0.2) is 21.6 Å². The molecule has 0 aliphatic rings. The lowest BCUT2D eigenvalue weighted by Crippen LogP contribution is -2.23. The minimum atomic E-state index is -5.38. The number of benzene rings is 3. The summed E-state index contributed by atoms with van der Waals surface area (Å²) >= 11 is 0. The average Bonchev–Trinajstić information content (AvgIpc) is 2.97. The molecule has 0 heterocycles. The van der Waals surface area contributed by atoms with E-state index in [0.717, 1.165) is 43.5 Å². The maximum atomic E-state index is 14.2. The number of sulfone groups is 1. The molecule has 14 heteroatoms. The molecule has 6 nitrogen and oxygen atoms in total. The molecule has 0 N–H and O–H groups in total. The van der Waals surface area contributed by atoms with Gasteiger partial charge in [0, 0.05) is 16.7 Å². The van der Waals surface area contributed by atoms with E-state index in [-0.39, 0.29) is 11.3 Å². The molecule has 0 aliphatic heterocycles. The van der Waals surface area contributed by atoms with Crippen molar-refractivity contribution < 1.29 is 58.4 Å². The molecular weight excluding hydrogens is 609 g/mol. The van der Waals surface area contributed by atoms with Crippen LogP contribution in [0.15, 0.2) is 53.4 Å². The lowest BCUT2D eigenvalue weighted by atomic mass is 10.0. The minimum Gasteiger partial charge on any atom is -0.493 e. The molecular formula is C29H31F7O6S. The lowest BCUT2D eigenvalue weighted by Gasteiger charge is -2.19. The van der Waals surface area contributed by atoms with Gasteiger partial charge in [0.05, 0.1) is 35.8 Å². The first kappa shape index (κ1) is 35.5. The summed E-state index contributed by atoms with van der Waals surface area (Å²) in [5, 5.41) is 0. The predicted octanol–water partition coefficient (Wildman–Crippen LogP) is 8.71. The topological polar surface area (TPSA) is 71.1 Å². The third kappa shape index (κ3) is 9.40. The zero-order valence-electron chi connectivity index (χ0n) is 23.6. The summed E-state index contributed by atoms with van der Waals surface area (Å²) < 4.78 is 128. The van der Waals surface area contributed by atoms with Crippen LogP contribution < -0.4 is 19.2 Å². The molecule has 3 aromatic carbocycles. The largest absolute Gasteiger partial charge is 0.501 e. The summed E-state index contributed by atoms with van der Waals surface area (Å²) in [6, 6.07) is 8.37. The molecule has 0 atom stereocenters. The van der Waals surface area contributed by atoms with E-state index in [0.29, 0.717) is 54.8 Å². The second kappa shape index (κ2) is 16.2. The Morgan fingerprint density at radius 1 is 0.721 bits per heavy atom. The van der Waals surface area contributed by atoms with E-state index in [1.165, 1.54) is 0 Å². The van der Waals surface area contributed by atoms with Crippen molar-refractivity contribution in [3.05, 3.63) is 65.7 Å². The Morgan fingerprint density at radius 2 is 1.19 bits per heavy atom. The first-order valence-electron chi connectivity index (χ1n) is 13.1. The molecule has 0 saturated heterocycles. The van der Waals surface area contributed by atoms with Gasteiger partial charge in [0.2, 0.25) is 0 Å². The molecule has 3 aromatic rings. The van der Waals surface area contributed by atoms with Crippen LogP contribution in [-0.4, -0.2) is 33.7 Å². The summed E-state index contributed by atoms with van der Waals surface area (Å²) in [4.78, 5) is 2.23. The van der Waals surface area contributed by atoms with E-state index in [1.807, 2.05) is 20.8 Å². The van der Waals surface area contributed by atoms with Crippen molar-refractivity contribution in [1.29, 1.82) is 0 Å². The monoisotopic (exact) mass is 640 g/mol. The molecule has 0 saturated carbocycles. The van der Waals surface area contributed by atoms with E-state index >= 15 is 0 Å². The molecule has 0 aliphatic carbocycles. The van der Waals surface area contributed by atoms with E-state index in [1.54, 1.807) is 12.1 Å². The molecule has 3 rings (SSSR count). The molecule has 0 unspecified atom stereocenters. The van der Waals surface area contributed by atoms with Gasteiger partial charge >= 0.3 is 5.51 Å². The SMILES string of the molecule is CCCOc1cc(OCCC)c(-c2cc(F)c(CF)c(F)c2)c(OCCC)c1.O=S(=O)(c1ccc(OF)cc1)C(F)(F)F. The van der Waals surface area contributed by atoms with Gasteiger partial charge in [-0.2, -0.15) is 13.2 Å². The number of alkyl halides is 4.